The first-order valence-corrected chi connectivity index (χ1v) is 4.82. The van der Waals surface area contributed by atoms with Gasteiger partial charge in [0, 0.05) is 17.3 Å². The largest absolute Gasteiger partial charge is 0.389 e. The summed E-state index contributed by atoms with van der Waals surface area (Å²) in [4.78, 5) is 4.93. The lowest BCUT2D eigenvalue weighted by molar-refractivity contribution is 1.33. The lowest BCUT2D eigenvalue weighted by Gasteiger charge is -1.93. The predicted molar refractivity (Wildman–Crippen MR) is 56.7 cm³/mol. The van der Waals surface area contributed by atoms with E-state index in [1.165, 1.54) is 11.3 Å². The normalized spacial score (nSPS) is 9.64. The molecule has 0 radical (unpaired) electrons. The maximum absolute atomic E-state index is 8.74. The van der Waals surface area contributed by atoms with Crippen molar-refractivity contribution in [1.82, 2.24) is 4.98 Å². The van der Waals surface area contributed by atoms with Crippen molar-refractivity contribution in [3.05, 3.63) is 36.2 Å². The van der Waals surface area contributed by atoms with Gasteiger partial charge in [-0.3, -0.25) is 4.98 Å². The lowest BCUT2D eigenvalue weighted by Crippen LogP contribution is -1.80. The van der Waals surface area contributed by atoms with Gasteiger partial charge in [-0.25, -0.2) is 0 Å². The molecule has 0 bridgehead atoms. The molecule has 0 aliphatic rings. The second-order valence-electron chi connectivity index (χ2n) is 2.74. The summed E-state index contributed by atoms with van der Waals surface area (Å²) in [7, 11) is 0. The standard InChI is InChI=1S/C10H7N3S/c11-6-8-5-9(14-10(8)12)7-1-3-13-4-2-7/h1-5H,12H2. The summed E-state index contributed by atoms with van der Waals surface area (Å²) in [5, 5.41) is 9.31. The van der Waals surface area contributed by atoms with E-state index in [9.17, 15) is 0 Å². The fourth-order valence-corrected chi connectivity index (χ4v) is 2.03. The summed E-state index contributed by atoms with van der Waals surface area (Å²) in [6, 6.07) is 7.65. The van der Waals surface area contributed by atoms with E-state index in [-0.39, 0.29) is 0 Å². The van der Waals surface area contributed by atoms with Crippen molar-refractivity contribution in [2.75, 3.05) is 5.73 Å². The Labute approximate surface area is 85.4 Å². The topological polar surface area (TPSA) is 62.7 Å². The number of thiophene rings is 1. The number of anilines is 1. The number of hydrogen-bond donors (Lipinski definition) is 1. The quantitative estimate of drug-likeness (QED) is 0.769. The molecule has 0 unspecified atom stereocenters. The van der Waals surface area contributed by atoms with Crippen LogP contribution in [0.5, 0.6) is 0 Å². The van der Waals surface area contributed by atoms with Crippen LogP contribution in [0.2, 0.25) is 0 Å². The number of hydrogen-bond acceptors (Lipinski definition) is 4. The molecule has 0 aliphatic carbocycles. The van der Waals surface area contributed by atoms with Gasteiger partial charge in [-0.15, -0.1) is 11.3 Å². The fraction of sp³-hybridized carbons (Fsp3) is 0. The molecule has 0 saturated heterocycles. The first kappa shape index (κ1) is 8.73. The molecule has 0 amide bonds. The summed E-state index contributed by atoms with van der Waals surface area (Å²) >= 11 is 1.42. The molecule has 2 N–H and O–H groups in total. The monoisotopic (exact) mass is 201 g/mol. The van der Waals surface area contributed by atoms with Crippen LogP contribution in [-0.4, -0.2) is 4.98 Å². The van der Waals surface area contributed by atoms with Gasteiger partial charge in [0.2, 0.25) is 0 Å². The third kappa shape index (κ3) is 1.45. The van der Waals surface area contributed by atoms with Crippen LogP contribution < -0.4 is 5.73 Å². The Morgan fingerprint density at radius 1 is 1.36 bits per heavy atom. The summed E-state index contributed by atoms with van der Waals surface area (Å²) in [5.41, 5.74) is 7.25. The Morgan fingerprint density at radius 2 is 2.07 bits per heavy atom. The van der Waals surface area contributed by atoms with E-state index in [0.717, 1.165) is 10.4 Å². The lowest BCUT2D eigenvalue weighted by atomic mass is 10.2. The minimum atomic E-state index is 0.543. The highest BCUT2D eigenvalue weighted by molar-refractivity contribution is 7.19. The molecule has 3 nitrogen and oxygen atoms in total. The van der Waals surface area contributed by atoms with E-state index in [0.29, 0.717) is 10.6 Å². The molecule has 0 aliphatic heterocycles. The molecule has 68 valence electrons. The molecule has 0 atom stereocenters. The van der Waals surface area contributed by atoms with Gasteiger partial charge >= 0.3 is 0 Å². The molecule has 14 heavy (non-hydrogen) atoms. The number of pyridine rings is 1. The van der Waals surface area contributed by atoms with Crippen LogP contribution in [0.1, 0.15) is 5.56 Å². The first-order valence-electron chi connectivity index (χ1n) is 4.01. The first-order chi connectivity index (χ1) is 6.81. The van der Waals surface area contributed by atoms with Crippen molar-refractivity contribution < 1.29 is 0 Å². The Bertz CT molecular complexity index is 482. The van der Waals surface area contributed by atoms with Crippen molar-refractivity contribution in [3.63, 3.8) is 0 Å². The molecule has 0 saturated carbocycles. The minimum absolute atomic E-state index is 0.543. The zero-order valence-corrected chi connectivity index (χ0v) is 8.08. The molecule has 0 spiro atoms. The van der Waals surface area contributed by atoms with Crippen molar-refractivity contribution in [2.45, 2.75) is 0 Å². The van der Waals surface area contributed by atoms with Crippen LogP contribution in [0.4, 0.5) is 5.00 Å². The van der Waals surface area contributed by atoms with Gasteiger partial charge in [0.05, 0.1) is 5.56 Å². The van der Waals surface area contributed by atoms with Crippen LogP contribution in [0.25, 0.3) is 10.4 Å². The molecular formula is C10H7N3S. The Hall–Kier alpha value is -1.86. The van der Waals surface area contributed by atoms with Crippen molar-refractivity contribution in [3.8, 4) is 16.5 Å². The van der Waals surface area contributed by atoms with E-state index < -0.39 is 0 Å². The highest BCUT2D eigenvalue weighted by atomic mass is 32.1. The van der Waals surface area contributed by atoms with E-state index in [2.05, 4.69) is 11.1 Å². The maximum Gasteiger partial charge on any atom is 0.104 e. The molecule has 2 rings (SSSR count). The maximum atomic E-state index is 8.74. The number of nitrogen functional groups attached to an aromatic ring is 1. The summed E-state index contributed by atoms with van der Waals surface area (Å²) in [5.74, 6) is 0. The molecule has 2 aromatic heterocycles. The molecule has 4 heteroatoms. The Kier molecular flexibility index (Phi) is 2.17. The van der Waals surface area contributed by atoms with E-state index in [4.69, 9.17) is 11.0 Å². The minimum Gasteiger partial charge on any atom is -0.389 e. The van der Waals surface area contributed by atoms with Crippen LogP contribution in [0.15, 0.2) is 30.6 Å². The van der Waals surface area contributed by atoms with Crippen LogP contribution in [0.3, 0.4) is 0 Å². The number of aromatic nitrogens is 1. The number of nitrogens with two attached hydrogens (primary N) is 1. The molecule has 0 fully saturated rings. The summed E-state index contributed by atoms with van der Waals surface area (Å²) < 4.78 is 0. The Morgan fingerprint density at radius 3 is 2.64 bits per heavy atom. The van der Waals surface area contributed by atoms with Gasteiger partial charge < -0.3 is 5.73 Å². The summed E-state index contributed by atoms with van der Waals surface area (Å²) in [6.45, 7) is 0. The zero-order chi connectivity index (χ0) is 9.97. The van der Waals surface area contributed by atoms with Gasteiger partial charge in [0.25, 0.3) is 0 Å². The SMILES string of the molecule is N#Cc1cc(-c2ccncc2)sc1N. The summed E-state index contributed by atoms with van der Waals surface area (Å²) in [6.07, 6.45) is 3.44. The zero-order valence-electron chi connectivity index (χ0n) is 7.27. The highest BCUT2D eigenvalue weighted by Crippen LogP contribution is 2.32. The van der Waals surface area contributed by atoms with Crippen LogP contribution >= 0.6 is 11.3 Å². The second kappa shape index (κ2) is 3.48. The van der Waals surface area contributed by atoms with E-state index in [1.54, 1.807) is 18.5 Å². The predicted octanol–water partition coefficient (Wildman–Crippen LogP) is 2.26. The Balaban J connectivity index is 2.50. The molecule has 2 heterocycles. The van der Waals surface area contributed by atoms with Gasteiger partial charge in [-0.2, -0.15) is 5.26 Å². The van der Waals surface area contributed by atoms with Crippen LogP contribution in [0, 0.1) is 11.3 Å². The van der Waals surface area contributed by atoms with Gasteiger partial charge in [-0.1, -0.05) is 0 Å². The molecular weight excluding hydrogens is 194 g/mol. The van der Waals surface area contributed by atoms with Crippen molar-refractivity contribution in [1.29, 1.82) is 5.26 Å². The van der Waals surface area contributed by atoms with Gasteiger partial charge in [-0.05, 0) is 23.8 Å². The fourth-order valence-electron chi connectivity index (χ4n) is 1.15. The van der Waals surface area contributed by atoms with Gasteiger partial charge in [0.1, 0.15) is 11.1 Å². The highest BCUT2D eigenvalue weighted by Gasteiger charge is 2.06. The average molecular weight is 201 g/mol. The molecule has 2 aromatic rings. The molecule has 0 aromatic carbocycles. The van der Waals surface area contributed by atoms with Gasteiger partial charge in [0.15, 0.2) is 0 Å². The third-order valence-corrected chi connectivity index (χ3v) is 2.86. The third-order valence-electron chi connectivity index (χ3n) is 1.85. The number of nitrogens with zero attached hydrogens (tertiary/aromatic N) is 2. The van der Waals surface area contributed by atoms with E-state index >= 15 is 0 Å². The number of rotatable bonds is 1. The van der Waals surface area contributed by atoms with Crippen molar-refractivity contribution >= 4 is 16.3 Å². The second-order valence-corrected chi connectivity index (χ2v) is 3.82. The number of nitriles is 1. The van der Waals surface area contributed by atoms with Crippen LogP contribution in [-0.2, 0) is 0 Å². The smallest absolute Gasteiger partial charge is 0.104 e. The average Bonchev–Trinajstić information content (AvgIpc) is 2.61. The van der Waals surface area contributed by atoms with E-state index in [1.807, 2.05) is 12.1 Å². The van der Waals surface area contributed by atoms with Crippen molar-refractivity contribution in [2.24, 2.45) is 0 Å².